The number of pyridine rings is 1. The van der Waals surface area contributed by atoms with E-state index in [-0.39, 0.29) is 87.4 Å². The van der Waals surface area contributed by atoms with E-state index in [1.165, 1.54) is 0 Å². The van der Waals surface area contributed by atoms with Gasteiger partial charge in [0.15, 0.2) is 0 Å². The normalized spacial score (nSPS) is 10.5. The summed E-state index contributed by atoms with van der Waals surface area (Å²) < 4.78 is 5.58. The number of carbonyl (C=O) groups excluding carboxylic acids is 2. The summed E-state index contributed by atoms with van der Waals surface area (Å²) in [6.07, 6.45) is -0.729. The molecule has 0 aliphatic rings. The molecular weight excluding hydrogens is 372 g/mol. The van der Waals surface area contributed by atoms with Gasteiger partial charge >= 0.3 is 59.1 Å². The predicted octanol–water partition coefficient (Wildman–Crippen LogP) is -5.87. The second-order valence-electron chi connectivity index (χ2n) is 6.01. The van der Waals surface area contributed by atoms with Gasteiger partial charge in [0.25, 0.3) is 0 Å². The van der Waals surface area contributed by atoms with Gasteiger partial charge in [-0.05, 0) is 29.7 Å². The Balaban J connectivity index is 0.00000182. The number of nitrogens with zero attached hydrogens (tertiary/aromatic N) is 1. The van der Waals surface area contributed by atoms with E-state index in [4.69, 9.17) is 4.42 Å². The standard InChI is InChI=1S/C18H15NO6.2Na/c1-8(2)9-3-4-14-11(5-9)16(22)12-6-10(18(23)24)13(7-15(20)21)19-17(12)25-14;;/h3-6,8H,7H2,1-2H3,(H,20,21)(H,23,24);;/q;2*+1/p-2. The van der Waals surface area contributed by atoms with E-state index in [2.05, 4.69) is 4.98 Å². The van der Waals surface area contributed by atoms with E-state index < -0.39 is 29.4 Å². The van der Waals surface area contributed by atoms with Crippen LogP contribution < -0.4 is 74.8 Å². The molecule has 0 saturated heterocycles. The summed E-state index contributed by atoms with van der Waals surface area (Å²) in [6, 6.07) is 6.19. The number of carbonyl (C=O) groups is 2. The number of rotatable bonds is 4. The Morgan fingerprint density at radius 2 is 1.78 bits per heavy atom. The van der Waals surface area contributed by atoms with Gasteiger partial charge in [0.1, 0.15) is 5.58 Å². The first-order chi connectivity index (χ1) is 11.8. The Hall–Kier alpha value is -1.22. The summed E-state index contributed by atoms with van der Waals surface area (Å²) in [5.41, 5.74) is -0.0993. The maximum Gasteiger partial charge on any atom is 1.00 e. The fraction of sp³-hybridized carbons (Fsp3) is 0.222. The van der Waals surface area contributed by atoms with Crippen molar-refractivity contribution >= 4 is 34.0 Å². The van der Waals surface area contributed by atoms with Crippen LogP contribution in [0.15, 0.2) is 33.5 Å². The third-order valence-corrected chi connectivity index (χ3v) is 3.96. The van der Waals surface area contributed by atoms with Crippen molar-refractivity contribution in [2.24, 2.45) is 0 Å². The monoisotopic (exact) mass is 385 g/mol. The Morgan fingerprint density at radius 3 is 2.33 bits per heavy atom. The summed E-state index contributed by atoms with van der Waals surface area (Å²) in [5, 5.41) is 22.3. The third kappa shape index (κ3) is 4.80. The molecule has 0 fully saturated rings. The molecule has 0 saturated carbocycles. The summed E-state index contributed by atoms with van der Waals surface area (Å²) in [6.45, 7) is 3.96. The molecule has 9 heteroatoms. The Kier molecular flexibility index (Phi) is 8.22. The number of hydrogen-bond donors (Lipinski definition) is 0. The fourth-order valence-corrected chi connectivity index (χ4v) is 2.64. The van der Waals surface area contributed by atoms with Crippen molar-refractivity contribution in [1.82, 2.24) is 4.98 Å². The van der Waals surface area contributed by atoms with Crippen LogP contribution in [0.2, 0.25) is 0 Å². The quantitative estimate of drug-likeness (QED) is 0.324. The number of hydrogen-bond acceptors (Lipinski definition) is 7. The minimum Gasteiger partial charge on any atom is -0.550 e. The summed E-state index contributed by atoms with van der Waals surface area (Å²) in [7, 11) is 0. The van der Waals surface area contributed by atoms with Crippen LogP contribution in [0.3, 0.4) is 0 Å². The molecule has 0 N–H and O–H groups in total. The van der Waals surface area contributed by atoms with Crippen LogP contribution >= 0.6 is 0 Å². The number of carboxylic acids is 2. The molecule has 3 aromatic rings. The molecule has 0 radical (unpaired) electrons. The minimum absolute atomic E-state index is 0. The predicted molar refractivity (Wildman–Crippen MR) is 84.9 cm³/mol. The molecule has 0 amide bonds. The van der Waals surface area contributed by atoms with Crippen molar-refractivity contribution in [2.75, 3.05) is 0 Å². The molecule has 2 heterocycles. The van der Waals surface area contributed by atoms with E-state index in [0.29, 0.717) is 5.39 Å². The molecule has 1 aromatic carbocycles. The van der Waals surface area contributed by atoms with Crippen LogP contribution in [0.4, 0.5) is 0 Å². The van der Waals surface area contributed by atoms with Gasteiger partial charge in [0.2, 0.25) is 11.1 Å². The van der Waals surface area contributed by atoms with E-state index in [0.717, 1.165) is 11.6 Å². The van der Waals surface area contributed by atoms with Crippen LogP contribution in [0.5, 0.6) is 0 Å². The number of aromatic nitrogens is 1. The smallest absolute Gasteiger partial charge is 0.550 e. The van der Waals surface area contributed by atoms with Crippen molar-refractivity contribution in [3.05, 3.63) is 51.3 Å². The van der Waals surface area contributed by atoms with Crippen molar-refractivity contribution in [3.63, 3.8) is 0 Å². The summed E-state index contributed by atoms with van der Waals surface area (Å²) in [5.74, 6) is -2.93. The average molecular weight is 385 g/mol. The Bertz CT molecular complexity index is 1090. The average Bonchev–Trinajstić information content (AvgIpc) is 2.53. The van der Waals surface area contributed by atoms with Gasteiger partial charge in [-0.15, -0.1) is 0 Å². The summed E-state index contributed by atoms with van der Waals surface area (Å²) >= 11 is 0. The van der Waals surface area contributed by atoms with E-state index in [1.807, 2.05) is 19.9 Å². The zero-order valence-electron chi connectivity index (χ0n) is 15.5. The second kappa shape index (κ2) is 9.32. The number of carboxylic acid groups (broad SMARTS) is 2. The first-order valence-corrected chi connectivity index (χ1v) is 7.59. The van der Waals surface area contributed by atoms with Crippen LogP contribution in [-0.2, 0) is 11.2 Å². The number of fused-ring (bicyclic) bond motifs is 2. The molecule has 2 aromatic heterocycles. The molecule has 0 spiro atoms. The maximum absolute atomic E-state index is 12.7. The van der Waals surface area contributed by atoms with Crippen molar-refractivity contribution in [1.29, 1.82) is 0 Å². The van der Waals surface area contributed by atoms with Gasteiger partial charge in [-0.1, -0.05) is 19.9 Å². The van der Waals surface area contributed by atoms with Gasteiger partial charge in [0, 0.05) is 18.0 Å². The van der Waals surface area contributed by atoms with E-state index in [1.54, 1.807) is 12.1 Å². The van der Waals surface area contributed by atoms with Gasteiger partial charge in [-0.25, -0.2) is 4.98 Å². The maximum atomic E-state index is 12.7. The van der Waals surface area contributed by atoms with E-state index in [9.17, 15) is 24.6 Å². The van der Waals surface area contributed by atoms with Gasteiger partial charge in [-0.2, -0.15) is 0 Å². The van der Waals surface area contributed by atoms with Crippen LogP contribution in [-0.4, -0.2) is 16.9 Å². The molecular formula is C18H13NNa2O6. The molecule has 0 aliphatic heterocycles. The summed E-state index contributed by atoms with van der Waals surface area (Å²) in [4.78, 5) is 38.7. The van der Waals surface area contributed by atoms with E-state index >= 15 is 0 Å². The van der Waals surface area contributed by atoms with Crippen molar-refractivity contribution in [2.45, 2.75) is 26.2 Å². The Labute approximate surface area is 198 Å². The van der Waals surface area contributed by atoms with Crippen LogP contribution in [0.25, 0.3) is 22.1 Å². The molecule has 0 bridgehead atoms. The number of aliphatic carboxylic acids is 1. The second-order valence-corrected chi connectivity index (χ2v) is 6.01. The first kappa shape index (κ1) is 23.8. The van der Waals surface area contributed by atoms with Crippen LogP contribution in [0.1, 0.15) is 41.4 Å². The zero-order valence-corrected chi connectivity index (χ0v) is 19.5. The molecule has 0 aliphatic carbocycles. The SMILES string of the molecule is CC(C)c1ccc2oc3nc(CC(=O)[O-])c(C(=O)[O-])cc3c(=O)c2c1.[Na+].[Na+]. The third-order valence-electron chi connectivity index (χ3n) is 3.96. The number of aromatic carboxylic acids is 1. The molecule has 0 atom stereocenters. The molecule has 27 heavy (non-hydrogen) atoms. The number of benzene rings is 1. The van der Waals surface area contributed by atoms with Gasteiger partial charge in [-0.3, -0.25) is 4.79 Å². The largest absolute Gasteiger partial charge is 1.00 e. The van der Waals surface area contributed by atoms with Crippen LogP contribution in [0, 0.1) is 0 Å². The molecule has 0 unspecified atom stereocenters. The van der Waals surface area contributed by atoms with Crippen molar-refractivity contribution in [3.8, 4) is 0 Å². The Morgan fingerprint density at radius 1 is 1.11 bits per heavy atom. The zero-order chi connectivity index (χ0) is 18.3. The molecule has 3 rings (SSSR count). The molecule has 7 nitrogen and oxygen atoms in total. The minimum atomic E-state index is -1.62. The van der Waals surface area contributed by atoms with Gasteiger partial charge < -0.3 is 24.2 Å². The topological polar surface area (TPSA) is 123 Å². The first-order valence-electron chi connectivity index (χ1n) is 7.59. The van der Waals surface area contributed by atoms with Crippen molar-refractivity contribution < 1.29 is 83.3 Å². The molecule has 128 valence electrons. The van der Waals surface area contributed by atoms with Gasteiger partial charge in [0.05, 0.1) is 22.4 Å². The fourth-order valence-electron chi connectivity index (χ4n) is 2.64.